The van der Waals surface area contributed by atoms with E-state index in [0.29, 0.717) is 13.1 Å². The summed E-state index contributed by atoms with van der Waals surface area (Å²) in [6.07, 6.45) is 5.37. The van der Waals surface area contributed by atoms with Gasteiger partial charge in [0.15, 0.2) is 0 Å². The average Bonchev–Trinajstić information content (AvgIpc) is 2.68. The molecular formula is C23H34N2O2. The van der Waals surface area contributed by atoms with Gasteiger partial charge in [-0.15, -0.1) is 0 Å². The Kier molecular flexibility index (Phi) is 9.50. The molecule has 4 heteroatoms. The van der Waals surface area contributed by atoms with Gasteiger partial charge in [0.25, 0.3) is 0 Å². The van der Waals surface area contributed by atoms with E-state index in [4.69, 9.17) is 5.21 Å². The molecule has 1 aliphatic rings. The Morgan fingerprint density at radius 3 is 1.48 bits per heavy atom. The van der Waals surface area contributed by atoms with E-state index in [1.54, 1.807) is 0 Å². The molecule has 1 aliphatic heterocycles. The second-order valence-corrected chi connectivity index (χ2v) is 7.44. The molecule has 0 amide bonds. The predicted octanol–water partition coefficient (Wildman–Crippen LogP) is 4.64. The van der Waals surface area contributed by atoms with Crippen molar-refractivity contribution < 1.29 is 10.4 Å². The summed E-state index contributed by atoms with van der Waals surface area (Å²) >= 11 is 0. The van der Waals surface area contributed by atoms with Crippen molar-refractivity contribution in [3.8, 4) is 0 Å². The highest BCUT2D eigenvalue weighted by Crippen LogP contribution is 2.07. The van der Waals surface area contributed by atoms with E-state index in [0.717, 1.165) is 38.8 Å². The van der Waals surface area contributed by atoms with Crippen LogP contribution in [0, 0.1) is 13.8 Å². The number of piperidine rings is 1. The van der Waals surface area contributed by atoms with Gasteiger partial charge in [-0.2, -0.15) is 10.1 Å². The molecule has 0 aromatic heterocycles. The lowest BCUT2D eigenvalue weighted by Crippen LogP contribution is -2.25. The van der Waals surface area contributed by atoms with Crippen LogP contribution in [-0.4, -0.2) is 46.7 Å². The van der Waals surface area contributed by atoms with E-state index in [-0.39, 0.29) is 0 Å². The van der Waals surface area contributed by atoms with Crippen molar-refractivity contribution in [2.24, 2.45) is 0 Å². The summed E-state index contributed by atoms with van der Waals surface area (Å²) in [6, 6.07) is 17.0. The summed E-state index contributed by atoms with van der Waals surface area (Å²) in [5.41, 5.74) is 5.08. The Labute approximate surface area is 164 Å². The van der Waals surface area contributed by atoms with Crippen LogP contribution >= 0.6 is 0 Å². The van der Waals surface area contributed by atoms with Gasteiger partial charge in [-0.3, -0.25) is 0 Å². The minimum Gasteiger partial charge on any atom is -0.314 e. The number of hydroxylamine groups is 4. The number of hydrogen-bond acceptors (Lipinski definition) is 4. The fraction of sp³-hybridized carbons (Fsp3) is 0.478. The highest BCUT2D eigenvalue weighted by Gasteiger charge is 2.04. The third-order valence-corrected chi connectivity index (χ3v) is 4.89. The predicted molar refractivity (Wildman–Crippen MR) is 110 cm³/mol. The van der Waals surface area contributed by atoms with Gasteiger partial charge in [0.1, 0.15) is 0 Å². The van der Waals surface area contributed by atoms with Gasteiger partial charge in [-0.05, 0) is 50.7 Å². The molecule has 0 atom stereocenters. The maximum atomic E-state index is 9.91. The van der Waals surface area contributed by atoms with Crippen LogP contribution in [0.25, 0.3) is 0 Å². The van der Waals surface area contributed by atoms with Crippen LogP contribution < -0.4 is 0 Å². The Hall–Kier alpha value is -1.72. The molecule has 2 aromatic rings. The first-order chi connectivity index (χ1) is 13.0. The molecule has 0 bridgehead atoms. The van der Waals surface area contributed by atoms with E-state index < -0.39 is 0 Å². The van der Waals surface area contributed by atoms with Crippen molar-refractivity contribution in [3.63, 3.8) is 0 Å². The number of hydrogen-bond donors (Lipinski definition) is 2. The van der Waals surface area contributed by atoms with Gasteiger partial charge in [0, 0.05) is 26.2 Å². The summed E-state index contributed by atoms with van der Waals surface area (Å²) in [6.45, 7) is 7.28. The van der Waals surface area contributed by atoms with E-state index in [1.165, 1.54) is 38.8 Å². The zero-order valence-electron chi connectivity index (χ0n) is 16.8. The van der Waals surface area contributed by atoms with Crippen LogP contribution in [0.4, 0.5) is 0 Å². The molecule has 1 fully saturated rings. The standard InChI is InChI=1S/C18H23NO.C5H11NO/c1-15-3-7-17(8-4-15)11-13-19(20)14-12-18-9-5-16(2)6-10-18;7-6-4-2-1-3-5-6/h3-10,20H,11-14H2,1-2H3;7H,1-5H2. The first-order valence-corrected chi connectivity index (χ1v) is 10.0. The van der Waals surface area contributed by atoms with Crippen molar-refractivity contribution >= 4 is 0 Å². The number of benzene rings is 2. The molecule has 1 heterocycles. The van der Waals surface area contributed by atoms with Gasteiger partial charge >= 0.3 is 0 Å². The van der Waals surface area contributed by atoms with E-state index in [1.807, 2.05) is 0 Å². The topological polar surface area (TPSA) is 46.9 Å². The zero-order valence-corrected chi connectivity index (χ0v) is 16.8. The maximum Gasteiger partial charge on any atom is 0.0278 e. The quantitative estimate of drug-likeness (QED) is 0.727. The van der Waals surface area contributed by atoms with Gasteiger partial charge in [0.05, 0.1) is 0 Å². The van der Waals surface area contributed by atoms with Crippen molar-refractivity contribution in [1.29, 1.82) is 0 Å². The molecule has 3 rings (SSSR count). The number of rotatable bonds is 6. The molecule has 2 aromatic carbocycles. The maximum absolute atomic E-state index is 9.91. The van der Waals surface area contributed by atoms with Crippen LogP contribution in [-0.2, 0) is 12.8 Å². The highest BCUT2D eigenvalue weighted by atomic mass is 16.5. The minimum absolute atomic E-state index is 0.676. The Morgan fingerprint density at radius 1 is 0.741 bits per heavy atom. The van der Waals surface area contributed by atoms with E-state index in [2.05, 4.69) is 62.4 Å². The summed E-state index contributed by atoms with van der Waals surface area (Å²) in [4.78, 5) is 0. The number of nitrogens with zero attached hydrogens (tertiary/aromatic N) is 2. The van der Waals surface area contributed by atoms with Crippen molar-refractivity contribution in [2.75, 3.05) is 26.2 Å². The SMILES string of the molecule is Cc1ccc(CCN(O)CCc2ccc(C)cc2)cc1.ON1CCCCC1. The van der Waals surface area contributed by atoms with Crippen LogP contribution in [0.15, 0.2) is 48.5 Å². The normalized spacial score (nSPS) is 14.7. The third kappa shape index (κ3) is 9.16. The second kappa shape index (κ2) is 11.9. The zero-order chi connectivity index (χ0) is 19.5. The molecule has 0 saturated carbocycles. The van der Waals surface area contributed by atoms with E-state index >= 15 is 0 Å². The largest absolute Gasteiger partial charge is 0.314 e. The van der Waals surface area contributed by atoms with Crippen molar-refractivity contribution in [2.45, 2.75) is 46.0 Å². The third-order valence-electron chi connectivity index (χ3n) is 4.89. The summed E-state index contributed by atoms with van der Waals surface area (Å²) < 4.78 is 0. The Balaban J connectivity index is 0.000000313. The lowest BCUT2D eigenvalue weighted by atomic mass is 10.1. The van der Waals surface area contributed by atoms with Crippen LogP contribution in [0.3, 0.4) is 0 Å². The summed E-state index contributed by atoms with van der Waals surface area (Å²) in [5.74, 6) is 0. The first kappa shape index (κ1) is 21.6. The molecule has 0 radical (unpaired) electrons. The smallest absolute Gasteiger partial charge is 0.0278 e. The van der Waals surface area contributed by atoms with Gasteiger partial charge in [-0.1, -0.05) is 66.1 Å². The number of aryl methyl sites for hydroxylation is 2. The fourth-order valence-electron chi connectivity index (χ4n) is 3.01. The molecule has 2 N–H and O–H groups in total. The summed E-state index contributed by atoms with van der Waals surface area (Å²) in [7, 11) is 0. The van der Waals surface area contributed by atoms with Crippen molar-refractivity contribution in [3.05, 3.63) is 70.8 Å². The second-order valence-electron chi connectivity index (χ2n) is 7.44. The van der Waals surface area contributed by atoms with Crippen LogP contribution in [0.2, 0.25) is 0 Å². The van der Waals surface area contributed by atoms with Gasteiger partial charge in [0.2, 0.25) is 0 Å². The van der Waals surface area contributed by atoms with Gasteiger partial charge in [-0.25, -0.2) is 0 Å². The first-order valence-electron chi connectivity index (χ1n) is 10.0. The van der Waals surface area contributed by atoms with Crippen LogP contribution in [0.5, 0.6) is 0 Å². The molecule has 0 unspecified atom stereocenters. The van der Waals surface area contributed by atoms with E-state index in [9.17, 15) is 5.21 Å². The molecule has 1 saturated heterocycles. The monoisotopic (exact) mass is 370 g/mol. The minimum atomic E-state index is 0.676. The average molecular weight is 371 g/mol. The molecule has 0 aliphatic carbocycles. The molecule has 0 spiro atoms. The van der Waals surface area contributed by atoms with Gasteiger partial charge < -0.3 is 10.4 Å². The lowest BCUT2D eigenvalue weighted by molar-refractivity contribution is -0.103. The molecule has 4 nitrogen and oxygen atoms in total. The highest BCUT2D eigenvalue weighted by molar-refractivity contribution is 5.22. The molecule has 148 valence electrons. The summed E-state index contributed by atoms with van der Waals surface area (Å²) in [5, 5.41) is 21.5. The molecule has 27 heavy (non-hydrogen) atoms. The Morgan fingerprint density at radius 2 is 1.15 bits per heavy atom. The Bertz CT molecular complexity index is 585. The lowest BCUT2D eigenvalue weighted by Gasteiger charge is -2.18. The van der Waals surface area contributed by atoms with Crippen LogP contribution in [0.1, 0.15) is 41.5 Å². The fourth-order valence-corrected chi connectivity index (χ4v) is 3.01. The van der Waals surface area contributed by atoms with Crippen molar-refractivity contribution in [1.82, 2.24) is 10.1 Å². The molecular weight excluding hydrogens is 336 g/mol.